The van der Waals surface area contributed by atoms with Gasteiger partial charge in [0.25, 0.3) is 0 Å². The van der Waals surface area contributed by atoms with Crippen LogP contribution in [0, 0.1) is 0 Å². The lowest BCUT2D eigenvalue weighted by Gasteiger charge is -2.30. The number of ether oxygens (including phenoxy) is 8. The maximum Gasteiger partial charge on any atom is 0.333 e. The van der Waals surface area contributed by atoms with Crippen LogP contribution in [0.25, 0.3) is 0 Å². The molecule has 7 amide bonds. The van der Waals surface area contributed by atoms with Gasteiger partial charge in [-0.15, -0.1) is 4.73 Å². The molecule has 0 bridgehead atoms. The summed E-state index contributed by atoms with van der Waals surface area (Å²) in [7, 11) is 0. The lowest BCUT2D eigenvalue weighted by molar-refractivity contribution is -0.149. The van der Waals surface area contributed by atoms with Gasteiger partial charge in [0, 0.05) is 147 Å². The summed E-state index contributed by atoms with van der Waals surface area (Å²) in [5.74, 6) is -8.18. The first kappa shape index (κ1) is 105. The number of rotatable bonds is 74. The average Bonchev–Trinajstić information content (AvgIpc) is 1.75. The van der Waals surface area contributed by atoms with Crippen molar-refractivity contribution < 1.29 is 173 Å². The molecular weight excluding hydrogens is 1510 g/mol. The molecular formula is C70H128N8O35. The molecule has 1 rings (SSSR count). The number of hydrogen-bond acceptors (Lipinski definition) is 35. The van der Waals surface area contributed by atoms with Crippen LogP contribution >= 0.6 is 0 Å². The van der Waals surface area contributed by atoms with Crippen LogP contribution in [-0.2, 0) is 76.3 Å². The summed E-state index contributed by atoms with van der Waals surface area (Å²) >= 11 is 0. The first-order chi connectivity index (χ1) is 54.4. The zero-order chi connectivity index (χ0) is 84.1. The Bertz CT molecular complexity index is 2420. The predicted molar refractivity (Wildman–Crippen MR) is 392 cm³/mol. The van der Waals surface area contributed by atoms with Crippen LogP contribution in [0.5, 0.6) is 11.8 Å². The highest BCUT2D eigenvalue weighted by molar-refractivity contribution is 5.91. The zero-order valence-corrected chi connectivity index (χ0v) is 64.4. The molecule has 0 fully saturated rings. The van der Waals surface area contributed by atoms with E-state index in [0.29, 0.717) is 4.73 Å². The normalized spacial score (nSPS) is 11.9. The van der Waals surface area contributed by atoms with Gasteiger partial charge < -0.3 is 171 Å². The fourth-order valence-electron chi connectivity index (χ4n) is 10.5. The summed E-state index contributed by atoms with van der Waals surface area (Å²) in [6.07, 6.45) is -10.5. The monoisotopic (exact) mass is 1640 g/mol. The van der Waals surface area contributed by atoms with Gasteiger partial charge in [-0.05, 0) is 64.2 Å². The number of aromatic hydroxyl groups is 2. The second-order valence-corrected chi connectivity index (χ2v) is 26.3. The fourth-order valence-corrected chi connectivity index (χ4v) is 10.5. The van der Waals surface area contributed by atoms with Gasteiger partial charge in [0.1, 0.15) is 61.9 Å². The maximum absolute atomic E-state index is 15.1. The second kappa shape index (κ2) is 65.8. The second-order valence-electron chi connectivity index (χ2n) is 26.3. The first-order valence-electron chi connectivity index (χ1n) is 37.9. The number of carbonyl (C=O) groups excluding carboxylic acids is 8. The third kappa shape index (κ3) is 48.1. The lowest BCUT2D eigenvalue weighted by atomic mass is 10.1. The minimum Gasteiger partial charge on any atom is -0.492 e. The Hall–Kier alpha value is -6.32. The van der Waals surface area contributed by atoms with Crippen molar-refractivity contribution in [1.82, 2.24) is 40.7 Å². The predicted octanol–water partition coefficient (Wildman–Crippen LogP) is -9.52. The van der Waals surface area contributed by atoms with E-state index in [1.165, 1.54) is 0 Å². The molecule has 0 aromatic carbocycles. The minimum atomic E-state index is -1.21. The van der Waals surface area contributed by atoms with Gasteiger partial charge in [0.15, 0.2) is 0 Å². The topological polar surface area (TPSA) is 647 Å². The molecule has 1 aromatic rings. The third-order valence-electron chi connectivity index (χ3n) is 17.4. The molecule has 0 saturated carbocycles. The fraction of sp³-hybridized carbons (Fsp3) is 0.829. The lowest BCUT2D eigenvalue weighted by Crippen LogP contribution is -2.49. The summed E-state index contributed by atoms with van der Waals surface area (Å²) in [6.45, 7) is -12.8. The molecule has 0 aliphatic heterocycles. The van der Waals surface area contributed by atoms with Crippen LogP contribution in [0.15, 0.2) is 12.1 Å². The van der Waals surface area contributed by atoms with E-state index in [1.807, 2.05) is 0 Å². The van der Waals surface area contributed by atoms with Gasteiger partial charge in [0.2, 0.25) is 53.1 Å². The number of aliphatic hydroxyl groups excluding tert-OH is 16. The van der Waals surface area contributed by atoms with Gasteiger partial charge in [-0.25, -0.2) is 4.79 Å². The van der Waals surface area contributed by atoms with E-state index in [1.54, 1.807) is 0 Å². The third-order valence-corrected chi connectivity index (χ3v) is 17.4. The first-order valence-corrected chi connectivity index (χ1v) is 37.9. The number of carbonyl (C=O) groups is 8. The van der Waals surface area contributed by atoms with Gasteiger partial charge in [-0.3, -0.25) is 33.6 Å². The van der Waals surface area contributed by atoms with Crippen molar-refractivity contribution in [2.75, 3.05) is 198 Å². The number of amides is 7. The number of aliphatic hydroxyl groups is 16. The largest absolute Gasteiger partial charge is 0.492 e. The molecule has 0 radical (unpaired) electrons. The van der Waals surface area contributed by atoms with Crippen LogP contribution in [0.1, 0.15) is 103 Å². The average molecular weight is 1640 g/mol. The van der Waals surface area contributed by atoms with Crippen molar-refractivity contribution in [3.63, 3.8) is 0 Å². The molecule has 0 atom stereocenters. The molecule has 0 unspecified atom stereocenters. The van der Waals surface area contributed by atoms with E-state index in [9.17, 15) is 121 Å². The van der Waals surface area contributed by atoms with Crippen LogP contribution in [0.2, 0.25) is 0 Å². The standard InChI is InChI=1S/C70H128N8O35/c79-33-53(34-80)105-23-11-49(12-24-106-54(35-81)36-82)71-61(95)3-1-19-75(21-9-63(97)73-51(15-27-109-57(41-87)42-88)16-28-110-58(43-89)44-90)68(102)31-77(65(99)7-8-70(104)113-78-66(100)5-6-67(78)101)32-69(103)76(22-10-64(98)74-52(17-29-111-59(45-91)46-92)18-30-112-60(47-93)48-94)20-2-4-62(96)72-50(13-25-107-55(37-83)38-84)14-26-108-56(39-85)40-86/h5-6,49-60,79-94,100-101H,1-4,7-48H2,(H,71,95)(H,72,96)(H,73,97)(H,74,98). The smallest absolute Gasteiger partial charge is 0.333 e. The highest BCUT2D eigenvalue weighted by Crippen LogP contribution is 2.20. The van der Waals surface area contributed by atoms with E-state index in [0.717, 1.165) is 26.8 Å². The summed E-state index contributed by atoms with van der Waals surface area (Å²) in [5, 5.41) is 185. The number of hydrogen-bond donors (Lipinski definition) is 22. The van der Waals surface area contributed by atoms with E-state index < -0.39 is 290 Å². The molecule has 43 heteroatoms. The van der Waals surface area contributed by atoms with Crippen molar-refractivity contribution in [3.8, 4) is 11.8 Å². The van der Waals surface area contributed by atoms with Crippen molar-refractivity contribution in [3.05, 3.63) is 12.1 Å². The van der Waals surface area contributed by atoms with Gasteiger partial charge >= 0.3 is 5.97 Å². The van der Waals surface area contributed by atoms with Crippen molar-refractivity contribution in [1.29, 1.82) is 0 Å². The number of nitrogens with zero attached hydrogens (tertiary/aromatic N) is 4. The Morgan fingerprint density at radius 3 is 0.735 bits per heavy atom. The molecule has 0 aliphatic carbocycles. The van der Waals surface area contributed by atoms with E-state index in [2.05, 4.69) is 21.3 Å². The van der Waals surface area contributed by atoms with Crippen molar-refractivity contribution in [2.45, 2.75) is 176 Å². The molecule has 43 nitrogen and oxygen atoms in total. The molecule has 1 aromatic heterocycles. The quantitative estimate of drug-likeness (QED) is 0.0288. The Morgan fingerprint density at radius 2 is 0.513 bits per heavy atom. The Kier molecular flexibility index (Phi) is 60.9. The van der Waals surface area contributed by atoms with Gasteiger partial charge in [-0.1, -0.05) is 0 Å². The minimum absolute atomic E-state index is 0.0635. The van der Waals surface area contributed by atoms with E-state index in [4.69, 9.17) is 42.7 Å². The Morgan fingerprint density at radius 1 is 0.292 bits per heavy atom. The highest BCUT2D eigenvalue weighted by Gasteiger charge is 2.30. The number of nitrogens with one attached hydrogen (secondary N) is 4. The Labute approximate surface area is 656 Å². The molecule has 0 saturated heterocycles. The van der Waals surface area contributed by atoms with E-state index in [-0.39, 0.29) is 143 Å². The van der Waals surface area contributed by atoms with Crippen LogP contribution in [0.4, 0.5) is 0 Å². The molecule has 113 heavy (non-hydrogen) atoms. The van der Waals surface area contributed by atoms with Crippen LogP contribution in [-0.4, -0.2) is 429 Å². The van der Waals surface area contributed by atoms with Gasteiger partial charge in [-0.2, -0.15) is 0 Å². The summed E-state index contributed by atoms with van der Waals surface area (Å²) < 4.78 is 44.6. The highest BCUT2D eigenvalue weighted by atomic mass is 16.7. The van der Waals surface area contributed by atoms with Crippen molar-refractivity contribution in [2.24, 2.45) is 0 Å². The van der Waals surface area contributed by atoms with Crippen molar-refractivity contribution >= 4 is 47.3 Å². The molecule has 22 N–H and O–H groups in total. The summed E-state index contributed by atoms with van der Waals surface area (Å²) in [6, 6.07) is -0.980. The molecule has 1 heterocycles. The summed E-state index contributed by atoms with van der Waals surface area (Å²) in [5.41, 5.74) is 0. The Balaban J connectivity index is 4.08. The SMILES string of the molecule is O=C(CCCN(CCC(=O)NC(CCOC(CO)CO)CCOC(CO)CO)C(=O)CN(CC(=O)N(CCCC(=O)NC(CCOC(CO)CO)CCOC(CO)CO)CCC(=O)NC(CCOC(CO)CO)CCOC(CO)CO)C(=O)CCC(=O)On1c(O)ccc1O)NC(CCOC(CO)CO)CCOC(CO)CO. The molecule has 658 valence electrons. The van der Waals surface area contributed by atoms with Gasteiger partial charge in [0.05, 0.1) is 112 Å². The van der Waals surface area contributed by atoms with Crippen LogP contribution in [0.3, 0.4) is 0 Å². The maximum atomic E-state index is 15.1. The zero-order valence-electron chi connectivity index (χ0n) is 64.4. The summed E-state index contributed by atoms with van der Waals surface area (Å²) in [4.78, 5) is 122. The molecule has 0 spiro atoms. The number of aromatic nitrogens is 1. The van der Waals surface area contributed by atoms with E-state index >= 15 is 9.59 Å². The molecule has 0 aliphatic rings. The van der Waals surface area contributed by atoms with Crippen LogP contribution < -0.4 is 26.1 Å².